The normalized spacial score (nSPS) is 10.9. The quantitative estimate of drug-likeness (QED) is 0.466. The average Bonchev–Trinajstić information content (AvgIpc) is 1.89. The van der Waals surface area contributed by atoms with E-state index in [2.05, 4.69) is 5.32 Å². The molecule has 0 rings (SSSR count). The summed E-state index contributed by atoms with van der Waals surface area (Å²) < 4.78 is 4.71. The van der Waals surface area contributed by atoms with Crippen LogP contribution in [-0.4, -0.2) is 19.6 Å². The van der Waals surface area contributed by atoms with Crippen molar-refractivity contribution < 1.29 is 9.53 Å². The molecule has 0 bridgehead atoms. The fourth-order valence-electron chi connectivity index (χ4n) is 0.520. The number of rotatable bonds is 3. The summed E-state index contributed by atoms with van der Waals surface area (Å²) in [4.78, 5) is 10.8. The molecule has 0 aromatic rings. The van der Waals surface area contributed by atoms with Gasteiger partial charge in [-0.15, -0.1) is 0 Å². The van der Waals surface area contributed by atoms with E-state index in [0.717, 1.165) is 0 Å². The van der Waals surface area contributed by atoms with E-state index in [9.17, 15) is 4.79 Å². The van der Waals surface area contributed by atoms with Gasteiger partial charge in [-0.3, -0.25) is 0 Å². The summed E-state index contributed by atoms with van der Waals surface area (Å²) in [7, 11) is 1.74. The molecule has 0 amide bonds. The van der Waals surface area contributed by atoms with E-state index in [1.54, 1.807) is 27.1 Å². The number of carbonyl (C=O) groups is 1. The summed E-state index contributed by atoms with van der Waals surface area (Å²) in [5.41, 5.74) is 0.587. The van der Waals surface area contributed by atoms with Gasteiger partial charge in [0.15, 0.2) is 0 Å². The number of hydrogen-bond donors (Lipinski definition) is 1. The van der Waals surface area contributed by atoms with Crippen molar-refractivity contribution in [3.05, 3.63) is 11.8 Å². The van der Waals surface area contributed by atoms with Gasteiger partial charge in [-0.25, -0.2) is 4.79 Å². The van der Waals surface area contributed by atoms with Crippen LogP contribution < -0.4 is 5.32 Å². The molecule has 1 N–H and O–H groups in total. The molecule has 0 saturated carbocycles. The van der Waals surface area contributed by atoms with Crippen molar-refractivity contribution >= 4 is 5.97 Å². The Morgan fingerprint density at radius 3 is 2.70 bits per heavy atom. The summed E-state index contributed by atoms with van der Waals surface area (Å²) in [5, 5.41) is 2.74. The summed E-state index contributed by atoms with van der Waals surface area (Å²) >= 11 is 0. The molecule has 3 heteroatoms. The van der Waals surface area contributed by atoms with E-state index in [1.807, 2.05) is 0 Å². The minimum absolute atomic E-state index is 0.267. The van der Waals surface area contributed by atoms with Crippen LogP contribution in [-0.2, 0) is 9.53 Å². The molecular weight excluding hydrogens is 130 g/mol. The zero-order valence-electron chi connectivity index (χ0n) is 6.60. The number of ether oxygens (including phenoxy) is 1. The van der Waals surface area contributed by atoms with E-state index in [0.29, 0.717) is 12.2 Å². The van der Waals surface area contributed by atoms with Crippen LogP contribution in [0.4, 0.5) is 0 Å². The monoisotopic (exact) mass is 143 g/mol. The third-order valence-corrected chi connectivity index (χ3v) is 0.958. The van der Waals surface area contributed by atoms with Gasteiger partial charge in [0.05, 0.1) is 6.61 Å². The largest absolute Gasteiger partial charge is 0.463 e. The number of esters is 1. The van der Waals surface area contributed by atoms with Gasteiger partial charge in [0.1, 0.15) is 0 Å². The topological polar surface area (TPSA) is 38.3 Å². The average molecular weight is 143 g/mol. The van der Waals surface area contributed by atoms with Gasteiger partial charge in [-0.05, 0) is 13.8 Å². The van der Waals surface area contributed by atoms with E-state index >= 15 is 0 Å². The van der Waals surface area contributed by atoms with Crippen LogP contribution in [0, 0.1) is 0 Å². The molecule has 3 nitrogen and oxygen atoms in total. The lowest BCUT2D eigenvalue weighted by Gasteiger charge is -1.99. The summed E-state index contributed by atoms with van der Waals surface area (Å²) in [5.74, 6) is -0.267. The highest BCUT2D eigenvalue weighted by Gasteiger charge is 2.01. The van der Waals surface area contributed by atoms with E-state index in [4.69, 9.17) is 4.74 Å². The second kappa shape index (κ2) is 4.85. The van der Waals surface area contributed by atoms with Crippen LogP contribution in [0.3, 0.4) is 0 Å². The van der Waals surface area contributed by atoms with Gasteiger partial charge in [-0.1, -0.05) is 0 Å². The Bertz CT molecular complexity index is 141. The van der Waals surface area contributed by atoms with Crippen molar-refractivity contribution in [2.45, 2.75) is 13.8 Å². The van der Waals surface area contributed by atoms with E-state index in [-0.39, 0.29) is 5.97 Å². The summed E-state index contributed by atoms with van der Waals surface area (Å²) in [6.45, 7) is 3.91. The first-order valence-corrected chi connectivity index (χ1v) is 3.23. The highest BCUT2D eigenvalue weighted by Crippen LogP contribution is 1.93. The molecule has 0 unspecified atom stereocenters. The van der Waals surface area contributed by atoms with Crippen molar-refractivity contribution in [1.29, 1.82) is 0 Å². The van der Waals surface area contributed by atoms with Crippen LogP contribution in [0.25, 0.3) is 0 Å². The molecular formula is C7H13NO2. The molecule has 0 aliphatic rings. The van der Waals surface area contributed by atoms with Gasteiger partial charge < -0.3 is 10.1 Å². The molecule has 0 saturated heterocycles. The van der Waals surface area contributed by atoms with Crippen LogP contribution in [0.15, 0.2) is 11.8 Å². The van der Waals surface area contributed by atoms with Gasteiger partial charge in [0.25, 0.3) is 0 Å². The number of carbonyl (C=O) groups excluding carboxylic acids is 1. The van der Waals surface area contributed by atoms with Crippen molar-refractivity contribution in [3.63, 3.8) is 0 Å². The minimum atomic E-state index is -0.267. The lowest BCUT2D eigenvalue weighted by molar-refractivity contribution is -0.138. The zero-order valence-corrected chi connectivity index (χ0v) is 6.60. The molecule has 0 spiro atoms. The Morgan fingerprint density at radius 2 is 2.30 bits per heavy atom. The fourth-order valence-corrected chi connectivity index (χ4v) is 0.520. The molecule has 0 radical (unpaired) electrons. The number of hydrogen-bond acceptors (Lipinski definition) is 3. The van der Waals surface area contributed by atoms with Crippen LogP contribution in [0.2, 0.25) is 0 Å². The standard InChI is InChI=1S/C7H13NO2/c1-4-10-7(9)6(2)5-8-3/h5,8H,4H2,1-3H3. The third-order valence-electron chi connectivity index (χ3n) is 0.958. The second-order valence-electron chi connectivity index (χ2n) is 1.84. The first-order valence-electron chi connectivity index (χ1n) is 3.23. The maximum Gasteiger partial charge on any atom is 0.335 e. The molecule has 0 aliphatic heterocycles. The summed E-state index contributed by atoms with van der Waals surface area (Å²) in [6, 6.07) is 0. The van der Waals surface area contributed by atoms with Gasteiger partial charge in [0, 0.05) is 18.8 Å². The van der Waals surface area contributed by atoms with Crippen molar-refractivity contribution in [2.24, 2.45) is 0 Å². The van der Waals surface area contributed by atoms with Gasteiger partial charge in [0.2, 0.25) is 0 Å². The smallest absolute Gasteiger partial charge is 0.335 e. The SMILES string of the molecule is CCOC(=O)C(C)=CNC. The minimum Gasteiger partial charge on any atom is -0.463 e. The molecule has 0 aromatic carbocycles. The predicted molar refractivity (Wildman–Crippen MR) is 39.4 cm³/mol. The first kappa shape index (κ1) is 9.01. The molecule has 0 fully saturated rings. The Kier molecular flexibility index (Phi) is 4.37. The first-order chi connectivity index (χ1) is 4.72. The molecule has 0 atom stereocenters. The Balaban J connectivity index is 3.82. The highest BCUT2D eigenvalue weighted by molar-refractivity contribution is 5.87. The Morgan fingerprint density at radius 1 is 1.70 bits per heavy atom. The Hall–Kier alpha value is -0.990. The highest BCUT2D eigenvalue weighted by atomic mass is 16.5. The number of nitrogens with one attached hydrogen (secondary N) is 1. The lowest BCUT2D eigenvalue weighted by Crippen LogP contribution is -2.08. The molecule has 0 aliphatic carbocycles. The molecule has 0 aromatic heterocycles. The Labute approximate surface area is 61.1 Å². The van der Waals surface area contributed by atoms with Gasteiger partial charge in [-0.2, -0.15) is 0 Å². The van der Waals surface area contributed by atoms with Crippen molar-refractivity contribution in [3.8, 4) is 0 Å². The zero-order chi connectivity index (χ0) is 7.98. The van der Waals surface area contributed by atoms with E-state index in [1.165, 1.54) is 0 Å². The second-order valence-corrected chi connectivity index (χ2v) is 1.84. The molecule has 58 valence electrons. The molecule has 10 heavy (non-hydrogen) atoms. The third kappa shape index (κ3) is 3.12. The maximum atomic E-state index is 10.8. The van der Waals surface area contributed by atoms with Crippen LogP contribution in [0.5, 0.6) is 0 Å². The fraction of sp³-hybridized carbons (Fsp3) is 0.571. The van der Waals surface area contributed by atoms with Crippen LogP contribution >= 0.6 is 0 Å². The van der Waals surface area contributed by atoms with Crippen molar-refractivity contribution in [1.82, 2.24) is 5.32 Å². The molecule has 0 heterocycles. The maximum absolute atomic E-state index is 10.8. The predicted octanol–water partition coefficient (Wildman–Crippen LogP) is 0.673. The van der Waals surface area contributed by atoms with Crippen LogP contribution in [0.1, 0.15) is 13.8 Å². The summed E-state index contributed by atoms with van der Waals surface area (Å²) in [6.07, 6.45) is 1.61. The van der Waals surface area contributed by atoms with E-state index < -0.39 is 0 Å². The van der Waals surface area contributed by atoms with Crippen molar-refractivity contribution in [2.75, 3.05) is 13.7 Å². The lowest BCUT2D eigenvalue weighted by atomic mass is 10.3. The van der Waals surface area contributed by atoms with Gasteiger partial charge >= 0.3 is 5.97 Å².